The zero-order valence-electron chi connectivity index (χ0n) is 13.6. The van der Waals surface area contributed by atoms with E-state index >= 15 is 0 Å². The maximum Gasteiger partial charge on any atom is 0.251 e. The van der Waals surface area contributed by atoms with E-state index in [-0.39, 0.29) is 5.91 Å². The molecule has 0 saturated carbocycles. The van der Waals surface area contributed by atoms with Crippen molar-refractivity contribution in [1.29, 1.82) is 0 Å². The van der Waals surface area contributed by atoms with Gasteiger partial charge in [-0.25, -0.2) is 0 Å². The lowest BCUT2D eigenvalue weighted by Gasteiger charge is -2.18. The van der Waals surface area contributed by atoms with Crippen LogP contribution >= 0.6 is 0 Å². The SMILES string of the molecule is CCCN(C)c1ccc(C(=O)NCc2ccccc2C)cc1. The molecule has 0 saturated heterocycles. The van der Waals surface area contributed by atoms with Gasteiger partial charge in [-0.15, -0.1) is 0 Å². The van der Waals surface area contributed by atoms with E-state index < -0.39 is 0 Å². The Labute approximate surface area is 133 Å². The number of nitrogens with zero attached hydrogens (tertiary/aromatic N) is 1. The highest BCUT2D eigenvalue weighted by atomic mass is 16.1. The molecule has 22 heavy (non-hydrogen) atoms. The van der Waals surface area contributed by atoms with Gasteiger partial charge in [-0.1, -0.05) is 31.2 Å². The van der Waals surface area contributed by atoms with Crippen molar-refractivity contribution in [2.24, 2.45) is 0 Å². The molecule has 0 fully saturated rings. The largest absolute Gasteiger partial charge is 0.375 e. The van der Waals surface area contributed by atoms with Gasteiger partial charge < -0.3 is 10.2 Å². The normalized spacial score (nSPS) is 10.3. The van der Waals surface area contributed by atoms with E-state index in [2.05, 4.69) is 37.2 Å². The van der Waals surface area contributed by atoms with Crippen LogP contribution in [0, 0.1) is 6.92 Å². The molecule has 3 nitrogen and oxygen atoms in total. The molecule has 0 aliphatic heterocycles. The predicted molar refractivity (Wildman–Crippen MR) is 92.4 cm³/mol. The third-order valence-corrected chi connectivity index (χ3v) is 3.83. The quantitative estimate of drug-likeness (QED) is 0.880. The van der Waals surface area contributed by atoms with E-state index in [1.54, 1.807) is 0 Å². The van der Waals surface area contributed by atoms with Crippen molar-refractivity contribution in [2.75, 3.05) is 18.5 Å². The summed E-state index contributed by atoms with van der Waals surface area (Å²) in [5.74, 6) is -0.0343. The van der Waals surface area contributed by atoms with Crippen LogP contribution in [0.15, 0.2) is 48.5 Å². The van der Waals surface area contributed by atoms with Gasteiger partial charge in [0, 0.05) is 31.4 Å². The van der Waals surface area contributed by atoms with Gasteiger partial charge in [0.05, 0.1) is 0 Å². The van der Waals surface area contributed by atoms with Crippen LogP contribution in [0.1, 0.15) is 34.8 Å². The Kier molecular flexibility index (Phi) is 5.59. The molecule has 0 radical (unpaired) electrons. The number of benzene rings is 2. The monoisotopic (exact) mass is 296 g/mol. The first-order chi connectivity index (χ1) is 10.6. The molecule has 0 atom stereocenters. The molecular formula is C19H24N2O. The molecule has 0 aliphatic carbocycles. The number of hydrogen-bond acceptors (Lipinski definition) is 2. The lowest BCUT2D eigenvalue weighted by molar-refractivity contribution is 0.0951. The van der Waals surface area contributed by atoms with Gasteiger partial charge in [0.2, 0.25) is 0 Å². The summed E-state index contributed by atoms with van der Waals surface area (Å²) in [5.41, 5.74) is 4.18. The Morgan fingerprint density at radius 2 is 1.77 bits per heavy atom. The fourth-order valence-corrected chi connectivity index (χ4v) is 2.42. The molecule has 116 valence electrons. The lowest BCUT2D eigenvalue weighted by Crippen LogP contribution is -2.23. The number of carbonyl (C=O) groups is 1. The third-order valence-electron chi connectivity index (χ3n) is 3.83. The van der Waals surface area contributed by atoms with Crippen LogP contribution in [0.2, 0.25) is 0 Å². The van der Waals surface area contributed by atoms with Crippen LogP contribution < -0.4 is 10.2 Å². The maximum atomic E-state index is 12.2. The summed E-state index contributed by atoms with van der Waals surface area (Å²) in [6, 6.07) is 15.9. The van der Waals surface area contributed by atoms with Crippen molar-refractivity contribution >= 4 is 11.6 Å². The van der Waals surface area contributed by atoms with E-state index in [0.29, 0.717) is 12.1 Å². The number of carbonyl (C=O) groups excluding carboxylic acids is 1. The van der Waals surface area contributed by atoms with Crippen LogP contribution in [-0.2, 0) is 6.54 Å². The Bertz CT molecular complexity index is 620. The standard InChI is InChI=1S/C19H24N2O/c1-4-13-21(3)18-11-9-16(10-12-18)19(22)20-14-17-8-6-5-7-15(17)2/h5-12H,4,13-14H2,1-3H3,(H,20,22). The summed E-state index contributed by atoms with van der Waals surface area (Å²) in [7, 11) is 2.07. The summed E-state index contributed by atoms with van der Waals surface area (Å²) in [6.45, 7) is 5.78. The zero-order chi connectivity index (χ0) is 15.9. The van der Waals surface area contributed by atoms with E-state index in [0.717, 1.165) is 24.2 Å². The molecule has 2 aromatic carbocycles. The minimum atomic E-state index is -0.0343. The van der Waals surface area contributed by atoms with Gasteiger partial charge in [-0.2, -0.15) is 0 Å². The van der Waals surface area contributed by atoms with Crippen molar-refractivity contribution in [2.45, 2.75) is 26.8 Å². The molecule has 0 aliphatic rings. The Morgan fingerprint density at radius 3 is 2.41 bits per heavy atom. The van der Waals surface area contributed by atoms with E-state index in [1.165, 1.54) is 5.56 Å². The summed E-state index contributed by atoms with van der Waals surface area (Å²) in [6.07, 6.45) is 1.11. The van der Waals surface area contributed by atoms with Crippen LogP contribution in [0.3, 0.4) is 0 Å². The molecular weight excluding hydrogens is 272 g/mol. The second kappa shape index (κ2) is 7.64. The number of anilines is 1. The number of nitrogens with one attached hydrogen (secondary N) is 1. The molecule has 0 aromatic heterocycles. The second-order valence-corrected chi connectivity index (χ2v) is 5.58. The van der Waals surface area contributed by atoms with Crippen molar-refractivity contribution in [3.8, 4) is 0 Å². The highest BCUT2D eigenvalue weighted by Crippen LogP contribution is 2.14. The molecule has 1 amide bonds. The predicted octanol–water partition coefficient (Wildman–Crippen LogP) is 3.77. The molecule has 0 heterocycles. The highest BCUT2D eigenvalue weighted by molar-refractivity contribution is 5.94. The van der Waals surface area contributed by atoms with Crippen molar-refractivity contribution in [1.82, 2.24) is 5.32 Å². The van der Waals surface area contributed by atoms with Gasteiger partial charge in [0.1, 0.15) is 0 Å². The Morgan fingerprint density at radius 1 is 1.09 bits per heavy atom. The average molecular weight is 296 g/mol. The zero-order valence-corrected chi connectivity index (χ0v) is 13.6. The number of hydrogen-bond donors (Lipinski definition) is 1. The molecule has 0 unspecified atom stereocenters. The maximum absolute atomic E-state index is 12.2. The first-order valence-electron chi connectivity index (χ1n) is 7.75. The summed E-state index contributed by atoms with van der Waals surface area (Å²) < 4.78 is 0. The van der Waals surface area contributed by atoms with Crippen LogP contribution in [-0.4, -0.2) is 19.5 Å². The highest BCUT2D eigenvalue weighted by Gasteiger charge is 2.07. The van der Waals surface area contributed by atoms with Crippen molar-refractivity contribution < 1.29 is 4.79 Å². The van der Waals surface area contributed by atoms with Crippen molar-refractivity contribution in [3.05, 3.63) is 65.2 Å². The smallest absolute Gasteiger partial charge is 0.251 e. The summed E-state index contributed by atoms with van der Waals surface area (Å²) in [4.78, 5) is 14.4. The second-order valence-electron chi connectivity index (χ2n) is 5.58. The molecule has 2 aromatic rings. The Balaban J connectivity index is 1.97. The first-order valence-corrected chi connectivity index (χ1v) is 7.75. The van der Waals surface area contributed by atoms with Gasteiger partial charge in [-0.05, 0) is 48.7 Å². The van der Waals surface area contributed by atoms with Gasteiger partial charge >= 0.3 is 0 Å². The molecule has 2 rings (SSSR count). The topological polar surface area (TPSA) is 32.3 Å². The number of amides is 1. The van der Waals surface area contributed by atoms with Crippen LogP contribution in [0.5, 0.6) is 0 Å². The summed E-state index contributed by atoms with van der Waals surface area (Å²) >= 11 is 0. The first kappa shape index (κ1) is 16.1. The number of aryl methyl sites for hydroxylation is 1. The minimum Gasteiger partial charge on any atom is -0.375 e. The van der Waals surface area contributed by atoms with Gasteiger partial charge in [0.15, 0.2) is 0 Å². The van der Waals surface area contributed by atoms with Crippen molar-refractivity contribution in [3.63, 3.8) is 0 Å². The van der Waals surface area contributed by atoms with Gasteiger partial charge in [0.25, 0.3) is 5.91 Å². The minimum absolute atomic E-state index is 0.0343. The fraction of sp³-hybridized carbons (Fsp3) is 0.316. The van der Waals surface area contributed by atoms with Gasteiger partial charge in [-0.3, -0.25) is 4.79 Å². The molecule has 0 spiro atoms. The van der Waals surface area contributed by atoms with Crippen LogP contribution in [0.4, 0.5) is 5.69 Å². The summed E-state index contributed by atoms with van der Waals surface area (Å²) in [5, 5.41) is 2.98. The number of rotatable bonds is 6. The third kappa shape index (κ3) is 4.10. The molecule has 3 heteroatoms. The van der Waals surface area contributed by atoms with E-state index in [4.69, 9.17) is 0 Å². The molecule has 0 bridgehead atoms. The lowest BCUT2D eigenvalue weighted by atomic mass is 10.1. The van der Waals surface area contributed by atoms with Crippen LogP contribution in [0.25, 0.3) is 0 Å². The van der Waals surface area contributed by atoms with E-state index in [1.807, 2.05) is 42.5 Å². The van der Waals surface area contributed by atoms with E-state index in [9.17, 15) is 4.79 Å². The Hall–Kier alpha value is -2.29. The molecule has 1 N–H and O–H groups in total. The fourth-order valence-electron chi connectivity index (χ4n) is 2.42. The average Bonchev–Trinajstić information content (AvgIpc) is 2.54.